The fourth-order valence-corrected chi connectivity index (χ4v) is 3.68. The van der Waals surface area contributed by atoms with E-state index in [2.05, 4.69) is 30.9 Å². The number of carbonyl (C=O) groups is 1. The molecule has 0 saturated carbocycles. The van der Waals surface area contributed by atoms with E-state index in [1.807, 2.05) is 29.2 Å². The Morgan fingerprint density at radius 2 is 2.12 bits per heavy atom. The second-order valence-electron chi connectivity index (χ2n) is 6.38. The number of ether oxygens (including phenoxy) is 1. The number of morpholine rings is 1. The van der Waals surface area contributed by atoms with Crippen LogP contribution in [0.25, 0.3) is 22.2 Å². The van der Waals surface area contributed by atoms with Gasteiger partial charge in [-0.2, -0.15) is 5.10 Å². The number of carbonyl (C=O) groups excluding carboxylic acids is 1. The van der Waals surface area contributed by atoms with Crippen LogP contribution in [0.1, 0.15) is 10.4 Å². The van der Waals surface area contributed by atoms with Crippen LogP contribution in [0.3, 0.4) is 0 Å². The van der Waals surface area contributed by atoms with Crippen molar-refractivity contribution in [1.29, 1.82) is 0 Å². The second-order valence-corrected chi connectivity index (χ2v) is 7.23. The molecule has 1 aromatic carbocycles. The molecular weight excluding hydrogens is 398 g/mol. The van der Waals surface area contributed by atoms with E-state index >= 15 is 0 Å². The molecule has 0 radical (unpaired) electrons. The molecule has 3 aromatic rings. The third-order valence-corrected chi connectivity index (χ3v) is 5.39. The molecule has 7 nitrogen and oxygen atoms in total. The van der Waals surface area contributed by atoms with Crippen molar-refractivity contribution in [3.05, 3.63) is 40.6 Å². The van der Waals surface area contributed by atoms with Crippen LogP contribution in [0, 0.1) is 0 Å². The number of hydrogen-bond acceptors (Lipinski definition) is 4. The summed E-state index contributed by atoms with van der Waals surface area (Å²) in [6.45, 7) is 5.33. The molecule has 136 valence electrons. The number of nitrogens with two attached hydrogens (primary N) is 1. The first-order valence-electron chi connectivity index (χ1n) is 8.56. The number of nitrogens with one attached hydrogen (secondary N) is 1. The van der Waals surface area contributed by atoms with E-state index in [1.54, 1.807) is 6.07 Å². The summed E-state index contributed by atoms with van der Waals surface area (Å²) in [5, 5.41) is 5.39. The predicted octanol–water partition coefficient (Wildman–Crippen LogP) is 2.22. The van der Waals surface area contributed by atoms with Gasteiger partial charge in [-0.15, -0.1) is 0 Å². The number of primary amides is 1. The molecule has 1 amide bonds. The number of rotatable bonds is 5. The normalized spacial score (nSPS) is 15.6. The lowest BCUT2D eigenvalue weighted by molar-refractivity contribution is 0.0360. The lowest BCUT2D eigenvalue weighted by atomic mass is 10.1. The van der Waals surface area contributed by atoms with Crippen LogP contribution in [0.4, 0.5) is 0 Å². The highest BCUT2D eigenvalue weighted by Gasteiger charge is 2.14. The summed E-state index contributed by atoms with van der Waals surface area (Å²) in [5.74, 6) is -0.447. The summed E-state index contributed by atoms with van der Waals surface area (Å²) in [6, 6.07) is 5.57. The number of hydrogen-bond donors (Lipinski definition) is 2. The van der Waals surface area contributed by atoms with Gasteiger partial charge in [0.05, 0.1) is 37.0 Å². The number of amides is 1. The molecule has 4 rings (SSSR count). The maximum Gasteiger partial charge on any atom is 0.250 e. The lowest BCUT2D eigenvalue weighted by Crippen LogP contribution is -2.38. The minimum Gasteiger partial charge on any atom is -0.379 e. The summed E-state index contributed by atoms with van der Waals surface area (Å²) in [6.07, 6.45) is 3.85. The Bertz CT molecular complexity index is 942. The molecule has 1 aliphatic rings. The number of H-pyrrole nitrogens is 1. The zero-order chi connectivity index (χ0) is 18.1. The Labute approximate surface area is 159 Å². The summed E-state index contributed by atoms with van der Waals surface area (Å²) in [5.41, 5.74) is 8.59. The van der Waals surface area contributed by atoms with E-state index < -0.39 is 5.91 Å². The molecule has 3 heterocycles. The zero-order valence-electron chi connectivity index (χ0n) is 14.2. The van der Waals surface area contributed by atoms with Gasteiger partial charge in [0.15, 0.2) is 0 Å². The highest BCUT2D eigenvalue weighted by molar-refractivity contribution is 9.10. The van der Waals surface area contributed by atoms with E-state index in [1.165, 1.54) is 0 Å². The molecular formula is C18H20BrN5O2. The van der Waals surface area contributed by atoms with Crippen molar-refractivity contribution in [1.82, 2.24) is 19.7 Å². The van der Waals surface area contributed by atoms with Crippen molar-refractivity contribution in [2.45, 2.75) is 6.54 Å². The largest absolute Gasteiger partial charge is 0.379 e. The van der Waals surface area contributed by atoms with Crippen molar-refractivity contribution in [3.63, 3.8) is 0 Å². The highest BCUT2D eigenvalue weighted by Crippen LogP contribution is 2.31. The topological polar surface area (TPSA) is 89.2 Å². The lowest BCUT2D eigenvalue weighted by Gasteiger charge is -2.26. The first-order chi connectivity index (χ1) is 12.6. The summed E-state index contributed by atoms with van der Waals surface area (Å²) < 4.78 is 8.23. The van der Waals surface area contributed by atoms with Gasteiger partial charge in [-0.25, -0.2) is 0 Å². The van der Waals surface area contributed by atoms with Crippen LogP contribution < -0.4 is 5.73 Å². The Balaban J connectivity index is 1.56. The predicted molar refractivity (Wildman–Crippen MR) is 103 cm³/mol. The van der Waals surface area contributed by atoms with Gasteiger partial charge in [-0.1, -0.05) is 15.9 Å². The molecule has 1 aliphatic heterocycles. The number of halogens is 1. The molecule has 0 unspecified atom stereocenters. The number of aromatic nitrogens is 3. The third kappa shape index (κ3) is 3.40. The van der Waals surface area contributed by atoms with Crippen LogP contribution in [0.5, 0.6) is 0 Å². The van der Waals surface area contributed by atoms with Crippen molar-refractivity contribution in [2.24, 2.45) is 5.73 Å². The maximum absolute atomic E-state index is 11.7. The number of nitrogens with zero attached hydrogens (tertiary/aromatic N) is 3. The van der Waals surface area contributed by atoms with Gasteiger partial charge in [0, 0.05) is 46.9 Å². The summed E-state index contributed by atoms with van der Waals surface area (Å²) in [4.78, 5) is 17.4. The molecule has 0 aliphatic carbocycles. The van der Waals surface area contributed by atoms with Gasteiger partial charge in [-0.05, 0) is 18.2 Å². The fourth-order valence-electron chi connectivity index (χ4n) is 3.24. The Morgan fingerprint density at radius 1 is 1.31 bits per heavy atom. The minimum absolute atomic E-state index is 0.447. The Hall–Kier alpha value is -2.16. The first-order valence-corrected chi connectivity index (χ1v) is 9.35. The van der Waals surface area contributed by atoms with Gasteiger partial charge in [0.2, 0.25) is 0 Å². The zero-order valence-corrected chi connectivity index (χ0v) is 15.8. The quantitative estimate of drug-likeness (QED) is 0.665. The van der Waals surface area contributed by atoms with E-state index in [0.717, 1.165) is 66.0 Å². The van der Waals surface area contributed by atoms with Crippen molar-refractivity contribution < 1.29 is 9.53 Å². The van der Waals surface area contributed by atoms with E-state index in [-0.39, 0.29) is 0 Å². The van der Waals surface area contributed by atoms with E-state index in [4.69, 9.17) is 10.5 Å². The number of aromatic amines is 1. The second kappa shape index (κ2) is 7.22. The number of benzene rings is 1. The van der Waals surface area contributed by atoms with Crippen molar-refractivity contribution >= 4 is 32.7 Å². The van der Waals surface area contributed by atoms with Crippen LogP contribution in [0.15, 0.2) is 35.1 Å². The molecule has 0 bridgehead atoms. The standard InChI is InChI=1S/C18H20BrN5O2/c19-15-2-1-13(18(20)25)17-14(15)9-16(22-17)12-10-21-24(11-12)4-3-23-5-7-26-8-6-23/h1-2,9-11,22H,3-8H2,(H2,20,25). The van der Waals surface area contributed by atoms with Gasteiger partial charge >= 0.3 is 0 Å². The van der Waals surface area contributed by atoms with Crippen LogP contribution in [-0.2, 0) is 11.3 Å². The summed E-state index contributed by atoms with van der Waals surface area (Å²) >= 11 is 3.53. The Kier molecular flexibility index (Phi) is 4.80. The molecule has 3 N–H and O–H groups in total. The maximum atomic E-state index is 11.7. The first kappa shape index (κ1) is 17.3. The van der Waals surface area contributed by atoms with Crippen LogP contribution in [-0.4, -0.2) is 58.4 Å². The minimum atomic E-state index is -0.447. The van der Waals surface area contributed by atoms with Crippen LogP contribution >= 0.6 is 15.9 Å². The van der Waals surface area contributed by atoms with E-state index in [9.17, 15) is 4.79 Å². The van der Waals surface area contributed by atoms with Crippen molar-refractivity contribution in [2.75, 3.05) is 32.8 Å². The van der Waals surface area contributed by atoms with Crippen LogP contribution in [0.2, 0.25) is 0 Å². The average Bonchev–Trinajstić information content (AvgIpc) is 3.28. The van der Waals surface area contributed by atoms with Gasteiger partial charge < -0.3 is 15.5 Å². The highest BCUT2D eigenvalue weighted by atomic mass is 79.9. The SMILES string of the molecule is NC(=O)c1ccc(Br)c2cc(-c3cnn(CCN4CCOCC4)c3)[nH]c12. The third-order valence-electron chi connectivity index (χ3n) is 4.70. The molecule has 26 heavy (non-hydrogen) atoms. The average molecular weight is 418 g/mol. The van der Waals surface area contributed by atoms with Gasteiger partial charge in [0.1, 0.15) is 0 Å². The molecule has 1 saturated heterocycles. The molecule has 0 spiro atoms. The molecule has 2 aromatic heterocycles. The smallest absolute Gasteiger partial charge is 0.250 e. The summed E-state index contributed by atoms with van der Waals surface area (Å²) in [7, 11) is 0. The molecule has 1 fully saturated rings. The van der Waals surface area contributed by atoms with Gasteiger partial charge in [0.25, 0.3) is 5.91 Å². The molecule has 8 heteroatoms. The Morgan fingerprint density at radius 3 is 2.88 bits per heavy atom. The number of fused-ring (bicyclic) bond motifs is 1. The fraction of sp³-hybridized carbons (Fsp3) is 0.333. The van der Waals surface area contributed by atoms with Gasteiger partial charge in [-0.3, -0.25) is 14.4 Å². The van der Waals surface area contributed by atoms with Crippen molar-refractivity contribution in [3.8, 4) is 11.3 Å². The monoisotopic (exact) mass is 417 g/mol. The molecule has 0 atom stereocenters. The van der Waals surface area contributed by atoms with E-state index in [0.29, 0.717) is 5.56 Å².